The lowest BCUT2D eigenvalue weighted by Crippen LogP contribution is -2.46. The number of hydrogen-bond donors (Lipinski definition) is 1. The third-order valence-electron chi connectivity index (χ3n) is 3.97. The lowest BCUT2D eigenvalue weighted by Gasteiger charge is -2.26. The summed E-state index contributed by atoms with van der Waals surface area (Å²) in [5, 5.41) is 3.90. The van der Waals surface area contributed by atoms with E-state index in [0.29, 0.717) is 5.92 Å². The third-order valence-corrected chi connectivity index (χ3v) is 5.06. The van der Waals surface area contributed by atoms with E-state index in [1.54, 1.807) is 11.8 Å². The van der Waals surface area contributed by atoms with E-state index >= 15 is 0 Å². The summed E-state index contributed by atoms with van der Waals surface area (Å²) in [4.78, 5) is 17.0. The lowest BCUT2D eigenvalue weighted by atomic mass is 10.0. The molecule has 0 aliphatic carbocycles. The van der Waals surface area contributed by atoms with Gasteiger partial charge in [-0.1, -0.05) is 32.5 Å². The largest absolute Gasteiger partial charge is 0.350 e. The quantitative estimate of drug-likeness (QED) is 0.772. The Hall–Kier alpha value is -0.970. The van der Waals surface area contributed by atoms with Crippen molar-refractivity contribution in [1.29, 1.82) is 0 Å². The van der Waals surface area contributed by atoms with Gasteiger partial charge in [-0.05, 0) is 47.0 Å². The van der Waals surface area contributed by atoms with Crippen LogP contribution in [0.5, 0.6) is 0 Å². The molecule has 0 saturated heterocycles. The van der Waals surface area contributed by atoms with E-state index in [1.165, 1.54) is 5.69 Å². The Morgan fingerprint density at radius 1 is 1.32 bits per heavy atom. The van der Waals surface area contributed by atoms with Crippen LogP contribution in [0.15, 0.2) is 5.16 Å². The summed E-state index contributed by atoms with van der Waals surface area (Å²) in [5.41, 5.74) is 2.08. The number of aryl methyl sites for hydroxylation is 1. The number of nitrogens with zero attached hydrogens (tertiary/aromatic N) is 2. The summed E-state index contributed by atoms with van der Waals surface area (Å²) in [6.45, 7) is 17.6. The normalized spacial score (nSPS) is 13.5. The van der Waals surface area contributed by atoms with Gasteiger partial charge in [0.2, 0.25) is 5.91 Å². The van der Waals surface area contributed by atoms with Crippen LogP contribution in [0.4, 0.5) is 0 Å². The number of aromatic nitrogens is 2. The maximum atomic E-state index is 12.4. The molecule has 1 aromatic rings. The molecule has 0 aromatic carbocycles. The molecule has 0 spiro atoms. The summed E-state index contributed by atoms with van der Waals surface area (Å²) < 4.78 is 2.24. The Morgan fingerprint density at radius 3 is 2.41 bits per heavy atom. The minimum Gasteiger partial charge on any atom is -0.350 e. The maximum absolute atomic E-state index is 12.4. The van der Waals surface area contributed by atoms with Crippen molar-refractivity contribution < 1.29 is 4.79 Å². The van der Waals surface area contributed by atoms with Gasteiger partial charge in [0.05, 0.1) is 10.9 Å². The summed E-state index contributed by atoms with van der Waals surface area (Å²) >= 11 is 1.55. The number of hydrogen-bond acceptors (Lipinski definition) is 3. The fourth-order valence-electron chi connectivity index (χ4n) is 2.03. The summed E-state index contributed by atoms with van der Waals surface area (Å²) in [5.74, 6) is 0.626. The zero-order valence-electron chi connectivity index (χ0n) is 15.3. The van der Waals surface area contributed by atoms with Crippen molar-refractivity contribution >= 4 is 17.7 Å². The molecule has 1 heterocycles. The van der Waals surface area contributed by atoms with Gasteiger partial charge in [-0.15, -0.1) is 0 Å². The molecule has 1 unspecified atom stereocenters. The first kappa shape index (κ1) is 19.1. The number of rotatable bonds is 7. The first-order valence-electron chi connectivity index (χ1n) is 8.09. The zero-order valence-corrected chi connectivity index (χ0v) is 16.1. The Bertz CT molecular complexity index is 520. The molecule has 22 heavy (non-hydrogen) atoms. The summed E-state index contributed by atoms with van der Waals surface area (Å²) in [6.07, 6.45) is 0.913. The Balaban J connectivity index is 2.86. The highest BCUT2D eigenvalue weighted by Gasteiger charge is 2.24. The molecule has 0 bridgehead atoms. The van der Waals surface area contributed by atoms with Crippen LogP contribution in [0, 0.1) is 19.8 Å². The summed E-state index contributed by atoms with van der Waals surface area (Å²) in [7, 11) is 0. The van der Waals surface area contributed by atoms with Crippen LogP contribution in [-0.2, 0) is 11.3 Å². The van der Waals surface area contributed by atoms with Gasteiger partial charge in [0.25, 0.3) is 0 Å². The Labute approximate surface area is 139 Å². The van der Waals surface area contributed by atoms with Gasteiger partial charge in [-0.2, -0.15) is 0 Å². The topological polar surface area (TPSA) is 46.9 Å². The van der Waals surface area contributed by atoms with Crippen LogP contribution in [-0.4, -0.2) is 26.2 Å². The fraction of sp³-hybridized carbons (Fsp3) is 0.765. The minimum absolute atomic E-state index is 0.0752. The van der Waals surface area contributed by atoms with Gasteiger partial charge >= 0.3 is 0 Å². The van der Waals surface area contributed by atoms with Crippen molar-refractivity contribution in [1.82, 2.24) is 14.9 Å². The maximum Gasteiger partial charge on any atom is 0.233 e. The molecule has 1 atom stereocenters. The van der Waals surface area contributed by atoms with Crippen molar-refractivity contribution in [2.75, 3.05) is 0 Å². The van der Waals surface area contributed by atoms with E-state index in [1.807, 2.05) is 13.8 Å². The van der Waals surface area contributed by atoms with E-state index in [9.17, 15) is 4.79 Å². The highest BCUT2D eigenvalue weighted by atomic mass is 32.2. The average Bonchev–Trinajstić information content (AvgIpc) is 2.65. The van der Waals surface area contributed by atoms with E-state index in [-0.39, 0.29) is 16.7 Å². The standard InChI is InChI=1S/C17H31N3OS/c1-9-17(7,8)19-15(21)14(6)22-16-18-12(4)13(5)20(16)10-11(2)3/h11,14H,9-10H2,1-8H3,(H,19,21). The molecule has 4 nitrogen and oxygen atoms in total. The number of thioether (sulfide) groups is 1. The molecule has 126 valence electrons. The minimum atomic E-state index is -0.162. The van der Waals surface area contributed by atoms with Crippen molar-refractivity contribution in [2.24, 2.45) is 5.92 Å². The molecule has 0 aliphatic rings. The first-order chi connectivity index (χ1) is 10.1. The average molecular weight is 326 g/mol. The molecule has 5 heteroatoms. The van der Waals surface area contributed by atoms with Crippen LogP contribution in [0.2, 0.25) is 0 Å². The number of amides is 1. The molecular formula is C17H31N3OS. The molecule has 0 fully saturated rings. The van der Waals surface area contributed by atoms with Crippen LogP contribution in [0.3, 0.4) is 0 Å². The van der Waals surface area contributed by atoms with Crippen molar-refractivity contribution in [3.8, 4) is 0 Å². The van der Waals surface area contributed by atoms with Crippen LogP contribution < -0.4 is 5.32 Å². The van der Waals surface area contributed by atoms with E-state index < -0.39 is 0 Å². The molecule has 1 aromatic heterocycles. The molecule has 0 saturated carbocycles. The van der Waals surface area contributed by atoms with E-state index in [0.717, 1.165) is 23.8 Å². The predicted molar refractivity (Wildman–Crippen MR) is 94.4 cm³/mol. The number of carbonyl (C=O) groups is 1. The fourth-order valence-corrected chi connectivity index (χ4v) is 3.04. The summed E-state index contributed by atoms with van der Waals surface area (Å²) in [6, 6.07) is 0. The smallest absolute Gasteiger partial charge is 0.233 e. The number of nitrogens with one attached hydrogen (secondary N) is 1. The van der Waals surface area contributed by atoms with Crippen molar-refractivity contribution in [3.63, 3.8) is 0 Å². The second kappa shape index (κ2) is 7.53. The van der Waals surface area contributed by atoms with Crippen LogP contribution in [0.25, 0.3) is 0 Å². The van der Waals surface area contributed by atoms with E-state index in [2.05, 4.69) is 56.4 Å². The van der Waals surface area contributed by atoms with Gasteiger partial charge in [0.1, 0.15) is 0 Å². The monoisotopic (exact) mass is 325 g/mol. The van der Waals surface area contributed by atoms with Crippen LogP contribution >= 0.6 is 11.8 Å². The third kappa shape index (κ3) is 5.04. The van der Waals surface area contributed by atoms with Gasteiger partial charge in [0, 0.05) is 17.8 Å². The zero-order chi connectivity index (χ0) is 17.1. The van der Waals surface area contributed by atoms with Crippen LogP contribution in [0.1, 0.15) is 59.4 Å². The molecule has 0 radical (unpaired) electrons. The highest BCUT2D eigenvalue weighted by molar-refractivity contribution is 8.00. The van der Waals surface area contributed by atoms with Crippen molar-refractivity contribution in [3.05, 3.63) is 11.4 Å². The van der Waals surface area contributed by atoms with Gasteiger partial charge in [0.15, 0.2) is 5.16 Å². The SMILES string of the molecule is CCC(C)(C)NC(=O)C(C)Sc1nc(C)c(C)n1CC(C)C. The second-order valence-electron chi connectivity index (χ2n) is 7.06. The Kier molecular flexibility index (Phi) is 6.53. The van der Waals surface area contributed by atoms with E-state index in [4.69, 9.17) is 0 Å². The molecule has 1 rings (SSSR count). The predicted octanol–water partition coefficient (Wildman–Crippen LogP) is 3.94. The Morgan fingerprint density at radius 2 is 1.91 bits per heavy atom. The highest BCUT2D eigenvalue weighted by Crippen LogP contribution is 2.26. The second-order valence-corrected chi connectivity index (χ2v) is 8.36. The molecule has 0 aliphatic heterocycles. The first-order valence-corrected chi connectivity index (χ1v) is 8.97. The molecule has 1 amide bonds. The van der Waals surface area contributed by atoms with Gasteiger partial charge in [-0.25, -0.2) is 4.98 Å². The van der Waals surface area contributed by atoms with Gasteiger partial charge in [-0.3, -0.25) is 4.79 Å². The number of carbonyl (C=O) groups excluding carboxylic acids is 1. The molecule has 1 N–H and O–H groups in total. The van der Waals surface area contributed by atoms with Gasteiger partial charge < -0.3 is 9.88 Å². The number of imidazole rings is 1. The molecular weight excluding hydrogens is 294 g/mol. The lowest BCUT2D eigenvalue weighted by molar-refractivity contribution is -0.121. The van der Waals surface area contributed by atoms with Crippen molar-refractivity contribution in [2.45, 2.75) is 84.3 Å².